The lowest BCUT2D eigenvalue weighted by molar-refractivity contribution is -0.124. The van der Waals surface area contributed by atoms with Crippen molar-refractivity contribution in [1.82, 2.24) is 5.32 Å². The van der Waals surface area contributed by atoms with Gasteiger partial charge in [-0.25, -0.2) is 4.39 Å². The van der Waals surface area contributed by atoms with Crippen LogP contribution in [-0.4, -0.2) is 31.7 Å². The molecular weight excluding hydrogens is 354 g/mol. The normalized spacial score (nSPS) is 17.0. The van der Waals surface area contributed by atoms with Crippen LogP contribution in [0.3, 0.4) is 0 Å². The first-order valence-corrected chi connectivity index (χ1v) is 8.25. The molecule has 1 aromatic rings. The molecule has 1 fully saturated rings. The fourth-order valence-electron chi connectivity index (χ4n) is 2.85. The van der Waals surface area contributed by atoms with Gasteiger partial charge in [0.15, 0.2) is 0 Å². The van der Waals surface area contributed by atoms with Crippen molar-refractivity contribution in [2.75, 3.05) is 19.8 Å². The van der Waals surface area contributed by atoms with E-state index in [4.69, 9.17) is 22.1 Å². The molecule has 0 saturated carbocycles. The molecule has 0 bridgehead atoms. The van der Waals surface area contributed by atoms with Crippen LogP contribution in [0.15, 0.2) is 18.2 Å². The van der Waals surface area contributed by atoms with Crippen LogP contribution in [0.5, 0.6) is 0 Å². The van der Waals surface area contributed by atoms with Crippen molar-refractivity contribution in [3.05, 3.63) is 34.6 Å². The van der Waals surface area contributed by atoms with Gasteiger partial charge in [0.05, 0.1) is 6.04 Å². The highest BCUT2D eigenvalue weighted by molar-refractivity contribution is 6.31. The van der Waals surface area contributed by atoms with Crippen molar-refractivity contribution in [2.45, 2.75) is 38.1 Å². The Bertz CT molecular complexity index is 564. The topological polar surface area (TPSA) is 64.4 Å². The van der Waals surface area contributed by atoms with E-state index >= 15 is 0 Å². The predicted octanol–water partition coefficient (Wildman–Crippen LogP) is 3.05. The molecule has 2 rings (SSSR count). The quantitative estimate of drug-likeness (QED) is 0.827. The molecule has 0 radical (unpaired) electrons. The molecule has 1 saturated heterocycles. The van der Waals surface area contributed by atoms with Crippen LogP contribution in [0.4, 0.5) is 4.39 Å². The summed E-state index contributed by atoms with van der Waals surface area (Å²) in [6, 6.07) is 3.79. The molecule has 3 N–H and O–H groups in total. The number of halogens is 3. The molecule has 1 amide bonds. The molecule has 1 atom stereocenters. The van der Waals surface area contributed by atoms with Crippen LogP contribution in [0, 0.1) is 11.7 Å². The molecule has 1 aliphatic heterocycles. The van der Waals surface area contributed by atoms with Crippen molar-refractivity contribution in [3.8, 4) is 0 Å². The molecule has 7 heteroatoms. The zero-order valence-electron chi connectivity index (χ0n) is 14.0. The SMILES string of the molecule is CC(C)(CNC(=O)C(N)C1CCOCC1)c1ccc(F)cc1Cl.Cl. The van der Waals surface area contributed by atoms with Gasteiger partial charge in [0.25, 0.3) is 0 Å². The lowest BCUT2D eigenvalue weighted by atomic mass is 9.84. The van der Waals surface area contributed by atoms with Crippen LogP contribution < -0.4 is 11.1 Å². The van der Waals surface area contributed by atoms with E-state index in [1.807, 2.05) is 13.8 Å². The third-order valence-corrected chi connectivity index (χ3v) is 4.75. The minimum atomic E-state index is -0.529. The lowest BCUT2D eigenvalue weighted by Crippen LogP contribution is -2.49. The second-order valence-electron chi connectivity index (χ2n) is 6.70. The number of nitrogens with one attached hydrogen (secondary N) is 1. The van der Waals surface area contributed by atoms with Gasteiger partial charge in [-0.15, -0.1) is 12.4 Å². The fourth-order valence-corrected chi connectivity index (χ4v) is 3.27. The Morgan fingerprint density at radius 2 is 2.08 bits per heavy atom. The maximum Gasteiger partial charge on any atom is 0.237 e. The van der Waals surface area contributed by atoms with E-state index in [0.29, 0.717) is 24.8 Å². The minimum absolute atomic E-state index is 0. The Kier molecular flexibility index (Phi) is 7.93. The number of benzene rings is 1. The first kappa shape index (κ1) is 21.2. The average Bonchev–Trinajstić information content (AvgIpc) is 2.52. The second-order valence-corrected chi connectivity index (χ2v) is 7.11. The first-order valence-electron chi connectivity index (χ1n) is 7.88. The summed E-state index contributed by atoms with van der Waals surface area (Å²) >= 11 is 6.12. The van der Waals surface area contributed by atoms with Gasteiger partial charge in [-0.2, -0.15) is 0 Å². The van der Waals surface area contributed by atoms with E-state index < -0.39 is 11.5 Å². The van der Waals surface area contributed by atoms with Gasteiger partial charge in [-0.3, -0.25) is 4.79 Å². The zero-order chi connectivity index (χ0) is 17.0. The first-order chi connectivity index (χ1) is 10.8. The molecule has 1 aromatic carbocycles. The van der Waals surface area contributed by atoms with Crippen molar-refractivity contribution < 1.29 is 13.9 Å². The van der Waals surface area contributed by atoms with Gasteiger partial charge < -0.3 is 15.8 Å². The molecule has 0 spiro atoms. The summed E-state index contributed by atoms with van der Waals surface area (Å²) in [4.78, 5) is 12.3. The van der Waals surface area contributed by atoms with E-state index in [1.165, 1.54) is 12.1 Å². The van der Waals surface area contributed by atoms with Crippen molar-refractivity contribution in [1.29, 1.82) is 0 Å². The van der Waals surface area contributed by atoms with Crippen LogP contribution in [0.2, 0.25) is 5.02 Å². The van der Waals surface area contributed by atoms with Gasteiger partial charge in [-0.1, -0.05) is 31.5 Å². The van der Waals surface area contributed by atoms with Crippen molar-refractivity contribution in [2.24, 2.45) is 11.7 Å². The summed E-state index contributed by atoms with van der Waals surface area (Å²) in [6.45, 7) is 5.59. The molecule has 1 unspecified atom stereocenters. The number of nitrogens with two attached hydrogens (primary N) is 1. The highest BCUT2D eigenvalue weighted by Gasteiger charge is 2.29. The smallest absolute Gasteiger partial charge is 0.237 e. The molecule has 24 heavy (non-hydrogen) atoms. The summed E-state index contributed by atoms with van der Waals surface area (Å²) in [5.41, 5.74) is 6.44. The van der Waals surface area contributed by atoms with Gasteiger partial charge in [-0.05, 0) is 36.5 Å². The Labute approximate surface area is 153 Å². The molecule has 1 heterocycles. The van der Waals surface area contributed by atoms with Crippen LogP contribution in [0.1, 0.15) is 32.3 Å². The highest BCUT2D eigenvalue weighted by atomic mass is 35.5. The Balaban J connectivity index is 0.00000288. The Hall–Kier alpha value is -0.880. The summed E-state index contributed by atoms with van der Waals surface area (Å²) in [7, 11) is 0. The fraction of sp³-hybridized carbons (Fsp3) is 0.588. The summed E-state index contributed by atoms with van der Waals surface area (Å²) < 4.78 is 18.5. The van der Waals surface area contributed by atoms with E-state index in [9.17, 15) is 9.18 Å². The third-order valence-electron chi connectivity index (χ3n) is 4.44. The van der Waals surface area contributed by atoms with Gasteiger partial charge in [0.2, 0.25) is 5.91 Å². The summed E-state index contributed by atoms with van der Waals surface area (Å²) in [5, 5.41) is 3.26. The Morgan fingerprint density at radius 3 is 2.67 bits per heavy atom. The molecule has 1 aliphatic rings. The largest absolute Gasteiger partial charge is 0.381 e. The lowest BCUT2D eigenvalue weighted by Gasteiger charge is -2.30. The van der Waals surface area contributed by atoms with Crippen molar-refractivity contribution in [3.63, 3.8) is 0 Å². The number of amides is 1. The van der Waals surface area contributed by atoms with Gasteiger partial charge in [0.1, 0.15) is 5.82 Å². The molecule has 4 nitrogen and oxygen atoms in total. The highest BCUT2D eigenvalue weighted by Crippen LogP contribution is 2.30. The van der Waals surface area contributed by atoms with Crippen LogP contribution in [0.25, 0.3) is 0 Å². The predicted molar refractivity (Wildman–Crippen MR) is 96.2 cm³/mol. The van der Waals surface area contributed by atoms with Gasteiger partial charge in [0, 0.05) is 30.2 Å². The van der Waals surface area contributed by atoms with Crippen molar-refractivity contribution >= 4 is 29.9 Å². The maximum atomic E-state index is 13.2. The van der Waals surface area contributed by atoms with Crippen LogP contribution in [-0.2, 0) is 14.9 Å². The standard InChI is InChI=1S/C17H24ClFN2O2.ClH/c1-17(2,13-4-3-12(19)9-14(13)18)10-21-16(22)15(20)11-5-7-23-8-6-11;/h3-4,9,11,15H,5-8,10,20H2,1-2H3,(H,21,22);1H. The number of hydrogen-bond acceptors (Lipinski definition) is 3. The summed E-state index contributed by atoms with van der Waals surface area (Å²) in [6.07, 6.45) is 1.61. The monoisotopic (exact) mass is 378 g/mol. The van der Waals surface area contributed by atoms with E-state index in [0.717, 1.165) is 18.4 Å². The molecule has 0 aliphatic carbocycles. The number of carbonyl (C=O) groups excluding carboxylic acids is 1. The van der Waals surface area contributed by atoms with Gasteiger partial charge >= 0.3 is 0 Å². The molecule has 136 valence electrons. The zero-order valence-corrected chi connectivity index (χ0v) is 15.6. The average molecular weight is 379 g/mol. The number of carbonyl (C=O) groups is 1. The Morgan fingerprint density at radius 1 is 1.46 bits per heavy atom. The van der Waals surface area contributed by atoms with E-state index in [-0.39, 0.29) is 30.0 Å². The van der Waals surface area contributed by atoms with E-state index in [2.05, 4.69) is 5.32 Å². The second kappa shape index (κ2) is 8.99. The molecular formula is C17H25Cl2FN2O2. The molecule has 0 aromatic heterocycles. The minimum Gasteiger partial charge on any atom is -0.381 e. The number of ether oxygens (including phenoxy) is 1. The third kappa shape index (κ3) is 5.31. The summed E-state index contributed by atoms with van der Waals surface area (Å²) in [5.74, 6) is -0.385. The number of rotatable bonds is 5. The number of hydrogen-bond donors (Lipinski definition) is 2. The van der Waals surface area contributed by atoms with E-state index in [1.54, 1.807) is 6.07 Å². The maximum absolute atomic E-state index is 13.2. The van der Waals surface area contributed by atoms with Crippen LogP contribution >= 0.6 is 24.0 Å².